The highest BCUT2D eigenvalue weighted by molar-refractivity contribution is 7.16. The zero-order chi connectivity index (χ0) is 13.0. The second kappa shape index (κ2) is 4.05. The van der Waals surface area contributed by atoms with Gasteiger partial charge in [0.05, 0.1) is 5.69 Å². The maximum atomic E-state index is 4.77. The van der Waals surface area contributed by atoms with Gasteiger partial charge in [0, 0.05) is 12.4 Å². The van der Waals surface area contributed by atoms with Gasteiger partial charge in [-0.1, -0.05) is 23.8 Å². The van der Waals surface area contributed by atoms with Crippen LogP contribution in [0.1, 0.15) is 17.7 Å². The second-order valence-corrected chi connectivity index (χ2v) is 6.02. The Hall–Kier alpha value is -1.40. The molecule has 0 aromatic carbocycles. The van der Waals surface area contributed by atoms with E-state index in [4.69, 9.17) is 4.98 Å². The van der Waals surface area contributed by atoms with E-state index in [9.17, 15) is 0 Å². The van der Waals surface area contributed by atoms with Crippen molar-refractivity contribution in [3.63, 3.8) is 0 Å². The Morgan fingerprint density at radius 2 is 2.16 bits per heavy atom. The van der Waals surface area contributed by atoms with Crippen LogP contribution in [0.15, 0.2) is 42.3 Å². The van der Waals surface area contributed by atoms with Gasteiger partial charge in [-0.15, -0.1) is 9.24 Å². The van der Waals surface area contributed by atoms with Gasteiger partial charge in [0.1, 0.15) is 5.65 Å². The highest BCUT2D eigenvalue weighted by Gasteiger charge is 2.44. The molecule has 3 unspecified atom stereocenters. The van der Waals surface area contributed by atoms with Crippen molar-refractivity contribution >= 4 is 20.5 Å². The number of hydrogen-bond acceptors (Lipinski definition) is 1. The molecule has 0 bridgehead atoms. The fourth-order valence-corrected chi connectivity index (χ4v) is 3.57. The number of allylic oxidation sites excluding steroid dienone is 4. The molecule has 3 heteroatoms. The average Bonchev–Trinajstić information content (AvgIpc) is 3.10. The lowest BCUT2D eigenvalue weighted by molar-refractivity contribution is 0.924. The van der Waals surface area contributed by atoms with Gasteiger partial charge in [-0.3, -0.25) is 0 Å². The molecule has 19 heavy (non-hydrogen) atoms. The van der Waals surface area contributed by atoms with Crippen LogP contribution in [0.4, 0.5) is 0 Å². The van der Waals surface area contributed by atoms with Crippen molar-refractivity contribution in [1.82, 2.24) is 9.38 Å². The summed E-state index contributed by atoms with van der Waals surface area (Å²) in [5, 5.41) is 0. The summed E-state index contributed by atoms with van der Waals surface area (Å²) >= 11 is 0. The topological polar surface area (TPSA) is 17.3 Å². The molecule has 2 aromatic heterocycles. The molecule has 0 aliphatic heterocycles. The molecule has 0 radical (unpaired) electrons. The zero-order valence-corrected chi connectivity index (χ0v) is 12.2. The number of pyridine rings is 1. The molecule has 4 rings (SSSR count). The van der Waals surface area contributed by atoms with Gasteiger partial charge < -0.3 is 4.40 Å². The maximum absolute atomic E-state index is 4.77. The number of aryl methyl sites for hydroxylation is 1. The second-order valence-electron chi connectivity index (χ2n) is 5.61. The number of nitrogens with zero attached hydrogens (tertiary/aromatic N) is 2. The summed E-state index contributed by atoms with van der Waals surface area (Å²) in [7, 11) is 2.84. The molecule has 0 saturated heterocycles. The molecule has 2 aliphatic rings. The third kappa shape index (κ3) is 1.78. The Morgan fingerprint density at radius 3 is 3.00 bits per heavy atom. The van der Waals surface area contributed by atoms with Crippen LogP contribution in [0, 0.1) is 18.8 Å². The van der Waals surface area contributed by atoms with E-state index < -0.39 is 0 Å². The van der Waals surface area contributed by atoms with Crippen LogP contribution >= 0.6 is 9.24 Å². The summed E-state index contributed by atoms with van der Waals surface area (Å²) in [5.41, 5.74) is 6.46. The van der Waals surface area contributed by atoms with E-state index >= 15 is 0 Å². The fraction of sp³-hybridized carbons (Fsp3) is 0.312. The highest BCUT2D eigenvalue weighted by atomic mass is 31.0. The van der Waals surface area contributed by atoms with Crippen LogP contribution in [-0.2, 0) is 0 Å². The molecule has 2 aromatic rings. The standard InChI is InChI=1S/C16H17N2P/c1-10-2-5-16-17-15(8-18(16)7-10)12-4-3-11(9-19)13-6-14(12)13/h2-5,7-8,13-14H,6,9,19H2,1H3. The number of aromatic nitrogens is 2. The van der Waals surface area contributed by atoms with E-state index in [0.29, 0.717) is 5.92 Å². The highest BCUT2D eigenvalue weighted by Crippen LogP contribution is 2.54. The summed E-state index contributed by atoms with van der Waals surface area (Å²) in [6.07, 6.45) is 11.3. The Labute approximate surface area is 115 Å². The van der Waals surface area contributed by atoms with Crippen molar-refractivity contribution in [1.29, 1.82) is 0 Å². The summed E-state index contributed by atoms with van der Waals surface area (Å²) in [6.45, 7) is 2.11. The summed E-state index contributed by atoms with van der Waals surface area (Å²) in [6, 6.07) is 4.21. The van der Waals surface area contributed by atoms with E-state index in [0.717, 1.165) is 23.4 Å². The first-order valence-electron chi connectivity index (χ1n) is 6.82. The van der Waals surface area contributed by atoms with Gasteiger partial charge in [0.2, 0.25) is 0 Å². The van der Waals surface area contributed by atoms with E-state index in [1.165, 1.54) is 17.6 Å². The van der Waals surface area contributed by atoms with Gasteiger partial charge in [-0.05, 0) is 48.5 Å². The first kappa shape index (κ1) is 11.4. The van der Waals surface area contributed by atoms with Crippen LogP contribution < -0.4 is 0 Å². The summed E-state index contributed by atoms with van der Waals surface area (Å²) in [5.74, 6) is 1.50. The monoisotopic (exact) mass is 268 g/mol. The fourth-order valence-electron chi connectivity index (χ4n) is 3.13. The Bertz CT molecular complexity index is 723. The van der Waals surface area contributed by atoms with Gasteiger partial charge >= 0.3 is 0 Å². The molecule has 2 heterocycles. The van der Waals surface area contributed by atoms with Gasteiger partial charge in [0.25, 0.3) is 0 Å². The Kier molecular flexibility index (Phi) is 2.43. The molecule has 96 valence electrons. The van der Waals surface area contributed by atoms with Gasteiger partial charge in [0.15, 0.2) is 0 Å². The van der Waals surface area contributed by atoms with E-state index in [1.807, 2.05) is 0 Å². The smallest absolute Gasteiger partial charge is 0.137 e. The predicted molar refractivity (Wildman–Crippen MR) is 82.2 cm³/mol. The van der Waals surface area contributed by atoms with Gasteiger partial charge in [-0.2, -0.15) is 0 Å². The number of imidazole rings is 1. The SMILES string of the molecule is Cc1ccc2nc(C3=CC=C(CP)C4CC34)cn2c1. The summed E-state index contributed by atoms with van der Waals surface area (Å²) < 4.78 is 2.14. The first-order chi connectivity index (χ1) is 9.26. The molecular formula is C16H17N2P. The average molecular weight is 268 g/mol. The van der Waals surface area contributed by atoms with Gasteiger partial charge in [-0.25, -0.2) is 4.98 Å². The largest absolute Gasteiger partial charge is 0.306 e. The first-order valence-corrected chi connectivity index (χ1v) is 7.64. The Balaban J connectivity index is 1.79. The number of fused-ring (bicyclic) bond motifs is 2. The van der Waals surface area contributed by atoms with Crippen LogP contribution in [0.5, 0.6) is 0 Å². The molecule has 0 amide bonds. The quantitative estimate of drug-likeness (QED) is 0.762. The van der Waals surface area contributed by atoms with Crippen LogP contribution in [-0.4, -0.2) is 15.5 Å². The van der Waals surface area contributed by atoms with E-state index in [-0.39, 0.29) is 0 Å². The maximum Gasteiger partial charge on any atom is 0.137 e. The van der Waals surface area contributed by atoms with Crippen molar-refractivity contribution in [3.8, 4) is 0 Å². The number of hydrogen-bond donors (Lipinski definition) is 0. The van der Waals surface area contributed by atoms with Crippen LogP contribution in [0.25, 0.3) is 11.2 Å². The normalized spacial score (nSPS) is 24.9. The molecule has 0 spiro atoms. The third-order valence-corrected chi connectivity index (χ3v) is 4.74. The predicted octanol–water partition coefficient (Wildman–Crippen LogP) is 3.48. The summed E-state index contributed by atoms with van der Waals surface area (Å²) in [4.78, 5) is 4.77. The molecule has 2 nitrogen and oxygen atoms in total. The lowest BCUT2D eigenvalue weighted by Crippen LogP contribution is -1.98. The van der Waals surface area contributed by atoms with Crippen LogP contribution in [0.3, 0.4) is 0 Å². The van der Waals surface area contributed by atoms with Crippen molar-refractivity contribution in [3.05, 3.63) is 53.5 Å². The van der Waals surface area contributed by atoms with Crippen molar-refractivity contribution < 1.29 is 0 Å². The molecule has 1 fully saturated rings. The minimum atomic E-state index is 0.714. The van der Waals surface area contributed by atoms with Crippen LogP contribution in [0.2, 0.25) is 0 Å². The lowest BCUT2D eigenvalue weighted by Gasteiger charge is -2.10. The lowest BCUT2D eigenvalue weighted by atomic mass is 9.97. The molecular weight excluding hydrogens is 251 g/mol. The van der Waals surface area contributed by atoms with Crippen molar-refractivity contribution in [2.45, 2.75) is 13.3 Å². The van der Waals surface area contributed by atoms with E-state index in [2.05, 4.69) is 57.2 Å². The van der Waals surface area contributed by atoms with Crippen molar-refractivity contribution in [2.75, 3.05) is 6.16 Å². The van der Waals surface area contributed by atoms with E-state index in [1.54, 1.807) is 5.57 Å². The Morgan fingerprint density at radius 1 is 1.26 bits per heavy atom. The minimum absolute atomic E-state index is 0.714. The van der Waals surface area contributed by atoms with Crippen molar-refractivity contribution in [2.24, 2.45) is 11.8 Å². The zero-order valence-electron chi connectivity index (χ0n) is 11.0. The number of rotatable bonds is 2. The third-order valence-electron chi connectivity index (χ3n) is 4.27. The molecule has 3 atom stereocenters. The minimum Gasteiger partial charge on any atom is -0.306 e. The molecule has 2 aliphatic carbocycles. The molecule has 0 N–H and O–H groups in total. The molecule has 1 saturated carbocycles.